The van der Waals surface area contributed by atoms with E-state index in [0.717, 1.165) is 0 Å². The monoisotopic (exact) mass is 449 g/mol. The smallest absolute Gasteiger partial charge is 0.354 e. The summed E-state index contributed by atoms with van der Waals surface area (Å²) in [6, 6.07) is 11.1. The standard InChI is InChI=1S/C23H19N3O7/c1-25-21(30)14-4-2-3-5-16(14)26-20(29)8-9-23(25,26)22(31)33-11-17(27)13-6-7-18-15(10-13)24-19(28)12-32-18/h2-7,10H,8-9,11-12H2,1H3,(H,24,28). The predicted molar refractivity (Wildman–Crippen MR) is 114 cm³/mol. The number of ether oxygens (including phenoxy) is 2. The van der Waals surface area contributed by atoms with E-state index in [-0.39, 0.29) is 36.8 Å². The predicted octanol–water partition coefficient (Wildman–Crippen LogP) is 1.35. The second-order valence-electron chi connectivity index (χ2n) is 7.97. The molecule has 3 amide bonds. The third-order valence-electron chi connectivity index (χ3n) is 6.14. The summed E-state index contributed by atoms with van der Waals surface area (Å²) in [6.07, 6.45) is 0.108. The Kier molecular flexibility index (Phi) is 4.66. The van der Waals surface area contributed by atoms with E-state index in [4.69, 9.17) is 9.47 Å². The van der Waals surface area contributed by atoms with Gasteiger partial charge in [0.25, 0.3) is 11.8 Å². The average molecular weight is 449 g/mol. The highest BCUT2D eigenvalue weighted by molar-refractivity contribution is 6.15. The number of ketones is 1. The van der Waals surface area contributed by atoms with Gasteiger partial charge in [0, 0.05) is 25.5 Å². The van der Waals surface area contributed by atoms with Crippen molar-refractivity contribution >= 4 is 40.8 Å². The molecule has 2 aromatic rings. The first-order valence-corrected chi connectivity index (χ1v) is 10.3. The van der Waals surface area contributed by atoms with Crippen LogP contribution in [-0.4, -0.2) is 60.3 Å². The zero-order chi connectivity index (χ0) is 23.3. The van der Waals surface area contributed by atoms with Crippen molar-refractivity contribution in [2.75, 3.05) is 30.5 Å². The van der Waals surface area contributed by atoms with Gasteiger partial charge in [-0.1, -0.05) is 12.1 Å². The fourth-order valence-corrected chi connectivity index (χ4v) is 4.48. The van der Waals surface area contributed by atoms with Crippen molar-refractivity contribution in [3.63, 3.8) is 0 Å². The van der Waals surface area contributed by atoms with E-state index in [1.54, 1.807) is 30.3 Å². The largest absolute Gasteiger partial charge is 0.482 e. The Labute approximate surface area is 188 Å². The molecule has 33 heavy (non-hydrogen) atoms. The average Bonchev–Trinajstić information content (AvgIpc) is 3.18. The maximum Gasteiger partial charge on any atom is 0.354 e. The highest BCUT2D eigenvalue weighted by Crippen LogP contribution is 2.44. The molecule has 10 nitrogen and oxygen atoms in total. The number of hydrogen-bond acceptors (Lipinski definition) is 7. The molecule has 0 bridgehead atoms. The van der Waals surface area contributed by atoms with Gasteiger partial charge < -0.3 is 19.7 Å². The van der Waals surface area contributed by atoms with Crippen LogP contribution in [0.1, 0.15) is 33.6 Å². The first-order valence-electron chi connectivity index (χ1n) is 10.3. The summed E-state index contributed by atoms with van der Waals surface area (Å²) in [5.74, 6) is -2.00. The molecule has 2 aromatic carbocycles. The van der Waals surface area contributed by atoms with E-state index >= 15 is 0 Å². The fourth-order valence-electron chi connectivity index (χ4n) is 4.48. The van der Waals surface area contributed by atoms with Crippen LogP contribution in [0.3, 0.4) is 0 Å². The van der Waals surface area contributed by atoms with Crippen LogP contribution < -0.4 is 15.0 Å². The van der Waals surface area contributed by atoms with E-state index in [1.165, 1.54) is 29.0 Å². The van der Waals surface area contributed by atoms with Crippen LogP contribution in [0.2, 0.25) is 0 Å². The number of likely N-dealkylation sites (N-methyl/N-ethyl adjacent to an activating group) is 1. The lowest BCUT2D eigenvalue weighted by atomic mass is 9.97. The molecule has 3 heterocycles. The highest BCUT2D eigenvalue weighted by atomic mass is 16.5. The summed E-state index contributed by atoms with van der Waals surface area (Å²) in [5, 5.41) is 2.61. The van der Waals surface area contributed by atoms with Gasteiger partial charge >= 0.3 is 5.97 Å². The molecule has 5 rings (SSSR count). The van der Waals surface area contributed by atoms with E-state index < -0.39 is 29.9 Å². The molecular formula is C23H19N3O7. The molecule has 0 aromatic heterocycles. The first kappa shape index (κ1) is 20.7. The number of anilines is 2. The van der Waals surface area contributed by atoms with Crippen molar-refractivity contribution in [3.8, 4) is 5.75 Å². The lowest BCUT2D eigenvalue weighted by molar-refractivity contribution is -0.155. The van der Waals surface area contributed by atoms with Crippen molar-refractivity contribution in [3.05, 3.63) is 53.6 Å². The van der Waals surface area contributed by atoms with E-state index in [0.29, 0.717) is 22.7 Å². The van der Waals surface area contributed by atoms with Crippen molar-refractivity contribution < 1.29 is 33.4 Å². The van der Waals surface area contributed by atoms with Crippen LogP contribution in [0.4, 0.5) is 11.4 Å². The van der Waals surface area contributed by atoms with Gasteiger partial charge in [0.15, 0.2) is 19.0 Å². The summed E-state index contributed by atoms with van der Waals surface area (Å²) < 4.78 is 10.6. The number of nitrogens with one attached hydrogen (secondary N) is 1. The molecule has 0 radical (unpaired) electrons. The molecule has 1 atom stereocenters. The molecule has 3 aliphatic rings. The Hall–Kier alpha value is -4.21. The molecule has 0 spiro atoms. The number of amides is 3. The Bertz CT molecular complexity index is 1240. The number of nitrogens with zero attached hydrogens (tertiary/aromatic N) is 2. The van der Waals surface area contributed by atoms with Crippen LogP contribution in [-0.2, 0) is 19.1 Å². The lowest BCUT2D eigenvalue weighted by Gasteiger charge is -2.46. The molecule has 3 aliphatic heterocycles. The molecule has 1 fully saturated rings. The molecule has 0 saturated carbocycles. The number of benzene rings is 2. The molecular weight excluding hydrogens is 430 g/mol. The minimum Gasteiger partial charge on any atom is -0.482 e. The second-order valence-corrected chi connectivity index (χ2v) is 7.97. The summed E-state index contributed by atoms with van der Waals surface area (Å²) in [6.45, 7) is -0.704. The van der Waals surface area contributed by atoms with Gasteiger partial charge in [-0.15, -0.1) is 0 Å². The fraction of sp³-hybridized carbons (Fsp3) is 0.261. The number of esters is 1. The number of Topliss-reactive ketones (excluding diaryl/α,β-unsaturated/α-hetero) is 1. The van der Waals surface area contributed by atoms with Gasteiger partial charge in [0.2, 0.25) is 11.6 Å². The number of rotatable bonds is 4. The van der Waals surface area contributed by atoms with Crippen molar-refractivity contribution in [1.29, 1.82) is 0 Å². The first-order chi connectivity index (χ1) is 15.8. The number of carbonyl (C=O) groups excluding carboxylic acids is 5. The van der Waals surface area contributed by atoms with Crippen molar-refractivity contribution in [2.45, 2.75) is 18.5 Å². The lowest BCUT2D eigenvalue weighted by Crippen LogP contribution is -2.67. The Balaban J connectivity index is 1.39. The quantitative estimate of drug-likeness (QED) is 0.552. The van der Waals surface area contributed by atoms with Crippen molar-refractivity contribution in [2.24, 2.45) is 0 Å². The number of carbonyl (C=O) groups is 5. The summed E-state index contributed by atoms with van der Waals surface area (Å²) >= 11 is 0. The minimum atomic E-state index is -1.65. The molecule has 0 aliphatic carbocycles. The zero-order valence-electron chi connectivity index (χ0n) is 17.6. The van der Waals surface area contributed by atoms with Gasteiger partial charge in [-0.2, -0.15) is 0 Å². The highest BCUT2D eigenvalue weighted by Gasteiger charge is 2.60. The maximum atomic E-state index is 13.3. The van der Waals surface area contributed by atoms with Crippen LogP contribution >= 0.6 is 0 Å². The van der Waals surface area contributed by atoms with Gasteiger partial charge in [-0.3, -0.25) is 24.1 Å². The van der Waals surface area contributed by atoms with Crippen LogP contribution in [0.15, 0.2) is 42.5 Å². The molecule has 10 heteroatoms. The minimum absolute atomic E-state index is 0.0532. The summed E-state index contributed by atoms with van der Waals surface area (Å²) in [7, 11) is 1.44. The van der Waals surface area contributed by atoms with Crippen LogP contribution in [0.5, 0.6) is 5.75 Å². The molecule has 168 valence electrons. The normalized spacial score (nSPS) is 20.9. The van der Waals surface area contributed by atoms with Crippen molar-refractivity contribution in [1.82, 2.24) is 4.90 Å². The Morgan fingerprint density at radius 3 is 2.76 bits per heavy atom. The second kappa shape index (κ2) is 7.44. The van der Waals surface area contributed by atoms with Gasteiger partial charge in [-0.25, -0.2) is 4.79 Å². The van der Waals surface area contributed by atoms with Gasteiger partial charge in [-0.05, 0) is 30.3 Å². The SMILES string of the molecule is CN1C(=O)c2ccccc2N2C(=O)CCC12C(=O)OCC(=O)c1ccc2c(c1)NC(=O)CO2. The Morgan fingerprint density at radius 2 is 1.94 bits per heavy atom. The van der Waals surface area contributed by atoms with Crippen LogP contribution in [0.25, 0.3) is 0 Å². The van der Waals surface area contributed by atoms with E-state index in [9.17, 15) is 24.0 Å². The molecule has 1 unspecified atom stereocenters. The maximum absolute atomic E-state index is 13.3. The Morgan fingerprint density at radius 1 is 1.15 bits per heavy atom. The third kappa shape index (κ3) is 3.05. The number of hydrogen-bond donors (Lipinski definition) is 1. The van der Waals surface area contributed by atoms with Gasteiger partial charge in [0.1, 0.15) is 5.75 Å². The van der Waals surface area contributed by atoms with E-state index in [1.807, 2.05) is 0 Å². The topological polar surface area (TPSA) is 122 Å². The molecule has 1 saturated heterocycles. The van der Waals surface area contributed by atoms with Gasteiger partial charge in [0.05, 0.1) is 16.9 Å². The van der Waals surface area contributed by atoms with Crippen LogP contribution in [0, 0.1) is 0 Å². The summed E-state index contributed by atoms with van der Waals surface area (Å²) in [4.78, 5) is 65.7. The summed E-state index contributed by atoms with van der Waals surface area (Å²) in [5.41, 5.74) is -0.434. The number of fused-ring (bicyclic) bond motifs is 4. The third-order valence-corrected chi connectivity index (χ3v) is 6.14. The molecule has 1 N–H and O–H groups in total. The van der Waals surface area contributed by atoms with E-state index in [2.05, 4.69) is 5.32 Å². The number of para-hydroxylation sites is 1. The zero-order valence-corrected chi connectivity index (χ0v) is 17.6.